The lowest BCUT2D eigenvalue weighted by molar-refractivity contribution is -0.137. The molecule has 0 saturated carbocycles. The third-order valence-electron chi connectivity index (χ3n) is 3.16. The van der Waals surface area contributed by atoms with Crippen molar-refractivity contribution < 1.29 is 13.2 Å². The number of benzene rings is 1. The minimum Gasteiger partial charge on any atom is -0.367 e. The molecule has 0 unspecified atom stereocenters. The van der Waals surface area contributed by atoms with Gasteiger partial charge in [-0.25, -0.2) is 4.98 Å². The van der Waals surface area contributed by atoms with Gasteiger partial charge in [0, 0.05) is 18.9 Å². The molecule has 0 atom stereocenters. The summed E-state index contributed by atoms with van der Waals surface area (Å²) in [6.45, 7) is 0.307. The van der Waals surface area contributed by atoms with Crippen LogP contribution in [0.15, 0.2) is 54.9 Å². The molecule has 1 N–H and O–H groups in total. The number of halogens is 3. The zero-order valence-corrected chi connectivity index (χ0v) is 10.9. The van der Waals surface area contributed by atoms with Gasteiger partial charge in [-0.1, -0.05) is 18.2 Å². The van der Waals surface area contributed by atoms with Gasteiger partial charge in [0.1, 0.15) is 11.5 Å². The number of rotatable bonds is 3. The Morgan fingerprint density at radius 2 is 1.90 bits per heavy atom. The molecule has 21 heavy (non-hydrogen) atoms. The van der Waals surface area contributed by atoms with Crippen molar-refractivity contribution in [2.24, 2.45) is 0 Å². The molecule has 0 radical (unpaired) electrons. The standard InChI is InChI=1S/C15H12F3N3/c16-15(17,18)12-4-1-3-11(9-12)10-20-14-6-2-5-13-19-7-8-21(13)14/h1-9,20H,10H2. The average Bonchev–Trinajstić information content (AvgIpc) is 2.93. The first-order chi connectivity index (χ1) is 10.0. The Morgan fingerprint density at radius 3 is 2.71 bits per heavy atom. The SMILES string of the molecule is FC(F)(F)c1cccc(CNc2cccc3nccn23)c1. The van der Waals surface area contributed by atoms with Crippen LogP contribution in [-0.2, 0) is 12.7 Å². The van der Waals surface area contributed by atoms with Crippen LogP contribution in [0.1, 0.15) is 11.1 Å². The van der Waals surface area contributed by atoms with Crippen LogP contribution in [0.3, 0.4) is 0 Å². The fourth-order valence-corrected chi connectivity index (χ4v) is 2.14. The van der Waals surface area contributed by atoms with E-state index in [1.54, 1.807) is 18.5 Å². The van der Waals surface area contributed by atoms with Crippen molar-refractivity contribution in [2.45, 2.75) is 12.7 Å². The maximum atomic E-state index is 12.7. The first-order valence-corrected chi connectivity index (χ1v) is 6.36. The number of nitrogens with one attached hydrogen (secondary N) is 1. The minimum absolute atomic E-state index is 0.307. The highest BCUT2D eigenvalue weighted by molar-refractivity contribution is 5.50. The Labute approximate surface area is 119 Å². The number of fused-ring (bicyclic) bond motifs is 1. The second-order valence-electron chi connectivity index (χ2n) is 4.62. The lowest BCUT2D eigenvalue weighted by Gasteiger charge is -2.11. The molecule has 3 nitrogen and oxygen atoms in total. The number of imidazole rings is 1. The summed E-state index contributed by atoms with van der Waals surface area (Å²) < 4.78 is 39.8. The van der Waals surface area contributed by atoms with Gasteiger partial charge in [0.15, 0.2) is 0 Å². The normalized spacial score (nSPS) is 11.8. The maximum absolute atomic E-state index is 12.7. The van der Waals surface area contributed by atoms with E-state index in [2.05, 4.69) is 10.3 Å². The Hall–Kier alpha value is -2.50. The number of hydrogen-bond donors (Lipinski definition) is 1. The van der Waals surface area contributed by atoms with E-state index in [-0.39, 0.29) is 0 Å². The molecule has 0 aliphatic heterocycles. The Balaban J connectivity index is 1.80. The number of pyridine rings is 1. The van der Waals surface area contributed by atoms with Crippen molar-refractivity contribution in [3.8, 4) is 0 Å². The summed E-state index contributed by atoms with van der Waals surface area (Å²) in [6, 6.07) is 10.9. The van der Waals surface area contributed by atoms with Gasteiger partial charge in [0.2, 0.25) is 0 Å². The molecule has 0 bridgehead atoms. The molecule has 2 aromatic heterocycles. The number of nitrogens with zero attached hydrogens (tertiary/aromatic N) is 2. The first kappa shape index (κ1) is 13.5. The quantitative estimate of drug-likeness (QED) is 0.791. The van der Waals surface area contributed by atoms with Gasteiger partial charge in [0.25, 0.3) is 0 Å². The van der Waals surface area contributed by atoms with E-state index in [0.29, 0.717) is 12.1 Å². The van der Waals surface area contributed by atoms with E-state index in [1.807, 2.05) is 22.6 Å². The molecule has 0 aliphatic rings. The van der Waals surface area contributed by atoms with Crippen LogP contribution in [0, 0.1) is 0 Å². The molecule has 3 rings (SSSR count). The van der Waals surface area contributed by atoms with Gasteiger partial charge in [-0.2, -0.15) is 13.2 Å². The fraction of sp³-hybridized carbons (Fsp3) is 0.133. The predicted molar refractivity (Wildman–Crippen MR) is 74.0 cm³/mol. The summed E-state index contributed by atoms with van der Waals surface area (Å²) >= 11 is 0. The van der Waals surface area contributed by atoms with E-state index >= 15 is 0 Å². The van der Waals surface area contributed by atoms with Gasteiger partial charge in [-0.05, 0) is 29.8 Å². The number of alkyl halides is 3. The van der Waals surface area contributed by atoms with Crippen molar-refractivity contribution in [1.29, 1.82) is 0 Å². The van der Waals surface area contributed by atoms with Crippen molar-refractivity contribution in [1.82, 2.24) is 9.38 Å². The van der Waals surface area contributed by atoms with Crippen LogP contribution in [0.25, 0.3) is 5.65 Å². The van der Waals surface area contributed by atoms with Crippen molar-refractivity contribution >= 4 is 11.5 Å². The van der Waals surface area contributed by atoms with E-state index in [0.717, 1.165) is 23.6 Å². The monoisotopic (exact) mass is 291 g/mol. The van der Waals surface area contributed by atoms with Gasteiger partial charge in [-0.15, -0.1) is 0 Å². The number of hydrogen-bond acceptors (Lipinski definition) is 2. The van der Waals surface area contributed by atoms with Crippen molar-refractivity contribution in [3.63, 3.8) is 0 Å². The van der Waals surface area contributed by atoms with E-state index < -0.39 is 11.7 Å². The smallest absolute Gasteiger partial charge is 0.367 e. The first-order valence-electron chi connectivity index (χ1n) is 6.36. The highest BCUT2D eigenvalue weighted by Crippen LogP contribution is 2.29. The summed E-state index contributed by atoms with van der Waals surface area (Å²) in [4.78, 5) is 4.15. The van der Waals surface area contributed by atoms with E-state index in [1.165, 1.54) is 6.07 Å². The molecule has 0 saturated heterocycles. The third kappa shape index (κ3) is 2.84. The van der Waals surface area contributed by atoms with Crippen LogP contribution in [-0.4, -0.2) is 9.38 Å². The molecular formula is C15H12F3N3. The zero-order chi connectivity index (χ0) is 14.9. The van der Waals surface area contributed by atoms with Crippen molar-refractivity contribution in [3.05, 3.63) is 66.0 Å². The molecule has 1 aromatic carbocycles. The Kier molecular flexibility index (Phi) is 3.29. The Morgan fingerprint density at radius 1 is 1.10 bits per heavy atom. The Bertz CT molecular complexity index is 762. The van der Waals surface area contributed by atoms with Crippen molar-refractivity contribution in [2.75, 3.05) is 5.32 Å². The van der Waals surface area contributed by atoms with E-state index in [9.17, 15) is 13.2 Å². The van der Waals surface area contributed by atoms with Gasteiger partial charge >= 0.3 is 6.18 Å². The minimum atomic E-state index is -4.32. The molecule has 0 fully saturated rings. The summed E-state index contributed by atoms with van der Waals surface area (Å²) in [5.74, 6) is 0.780. The maximum Gasteiger partial charge on any atom is 0.416 e. The van der Waals surface area contributed by atoms with Gasteiger partial charge < -0.3 is 5.32 Å². The van der Waals surface area contributed by atoms with Crippen LogP contribution in [0.5, 0.6) is 0 Å². The zero-order valence-electron chi connectivity index (χ0n) is 10.9. The molecule has 6 heteroatoms. The van der Waals surface area contributed by atoms with Crippen LogP contribution < -0.4 is 5.32 Å². The molecule has 108 valence electrons. The highest BCUT2D eigenvalue weighted by Gasteiger charge is 2.30. The number of aromatic nitrogens is 2. The topological polar surface area (TPSA) is 29.3 Å². The summed E-state index contributed by atoms with van der Waals surface area (Å²) in [6.07, 6.45) is -0.852. The lowest BCUT2D eigenvalue weighted by atomic mass is 10.1. The molecule has 2 heterocycles. The molecule has 0 spiro atoms. The van der Waals surface area contributed by atoms with Crippen LogP contribution in [0.2, 0.25) is 0 Å². The molecule has 3 aromatic rings. The van der Waals surface area contributed by atoms with E-state index in [4.69, 9.17) is 0 Å². The van der Waals surface area contributed by atoms with Crippen LogP contribution in [0.4, 0.5) is 19.0 Å². The molecule has 0 aliphatic carbocycles. The van der Waals surface area contributed by atoms with Crippen LogP contribution >= 0.6 is 0 Å². The summed E-state index contributed by atoms with van der Waals surface area (Å²) in [5, 5.41) is 3.12. The lowest BCUT2D eigenvalue weighted by Crippen LogP contribution is -2.07. The largest absolute Gasteiger partial charge is 0.416 e. The predicted octanol–water partition coefficient (Wildman–Crippen LogP) is 3.97. The number of anilines is 1. The van der Waals surface area contributed by atoms with Gasteiger partial charge in [-0.3, -0.25) is 4.40 Å². The second kappa shape index (κ2) is 5.12. The second-order valence-corrected chi connectivity index (χ2v) is 4.62. The van der Waals surface area contributed by atoms with Gasteiger partial charge in [0.05, 0.1) is 5.56 Å². The summed E-state index contributed by atoms with van der Waals surface area (Å²) in [7, 11) is 0. The molecular weight excluding hydrogens is 279 g/mol. The molecule has 0 amide bonds. The summed E-state index contributed by atoms with van der Waals surface area (Å²) in [5.41, 5.74) is 0.716. The third-order valence-corrected chi connectivity index (χ3v) is 3.16. The fourth-order valence-electron chi connectivity index (χ4n) is 2.14. The highest BCUT2D eigenvalue weighted by atomic mass is 19.4. The average molecular weight is 291 g/mol.